The molecule has 12 heteroatoms. The fourth-order valence-corrected chi connectivity index (χ4v) is 6.75. The number of benzene rings is 3. The second kappa shape index (κ2) is 8.48. The van der Waals surface area contributed by atoms with E-state index in [0.717, 1.165) is 0 Å². The third-order valence-corrected chi connectivity index (χ3v) is 8.59. The number of imide groups is 1. The van der Waals surface area contributed by atoms with Gasteiger partial charge in [0.15, 0.2) is 0 Å². The van der Waals surface area contributed by atoms with E-state index in [0.29, 0.717) is 49.1 Å². The Balaban J connectivity index is 1.57. The molecule has 3 heterocycles. The summed E-state index contributed by atoms with van der Waals surface area (Å²) < 4.78 is 5.99. The lowest BCUT2D eigenvalue weighted by Gasteiger charge is -2.45. The SMILES string of the molecule is NC1C(O)C(CO)OC(C2Cc3c(c4c(c5c3[nH]c3c(O)cccc35)C(=O)N(N)C4=O)-c3cccc(O)c32)C1O. The number of nitrogens with zero attached hydrogens (tertiary/aromatic N) is 1. The van der Waals surface area contributed by atoms with E-state index in [1.54, 1.807) is 24.3 Å². The van der Waals surface area contributed by atoms with Gasteiger partial charge in [-0.05, 0) is 29.7 Å². The zero-order valence-electron chi connectivity index (χ0n) is 20.9. The number of carbonyl (C=O) groups excluding carboxylic acids is 2. The van der Waals surface area contributed by atoms with Gasteiger partial charge in [-0.3, -0.25) is 9.59 Å². The monoisotopic (exact) mass is 546 g/mol. The summed E-state index contributed by atoms with van der Waals surface area (Å²) in [4.78, 5) is 30.0. The molecule has 2 amide bonds. The predicted octanol–water partition coefficient (Wildman–Crippen LogP) is 0.318. The van der Waals surface area contributed by atoms with Crippen molar-refractivity contribution < 1.29 is 39.9 Å². The quantitative estimate of drug-likeness (QED) is 0.0978. The molecule has 3 aliphatic rings. The Bertz CT molecular complexity index is 1760. The van der Waals surface area contributed by atoms with E-state index in [9.17, 15) is 35.1 Å². The smallest absolute Gasteiger partial charge is 0.276 e. The maximum Gasteiger partial charge on any atom is 0.276 e. The van der Waals surface area contributed by atoms with Crippen molar-refractivity contribution in [1.82, 2.24) is 9.99 Å². The Morgan fingerprint density at radius 1 is 0.950 bits per heavy atom. The van der Waals surface area contributed by atoms with Crippen LogP contribution in [-0.2, 0) is 11.2 Å². The summed E-state index contributed by atoms with van der Waals surface area (Å²) in [6, 6.07) is 8.46. The van der Waals surface area contributed by atoms with Crippen LogP contribution in [0, 0.1) is 0 Å². The lowest BCUT2D eigenvalue weighted by Crippen LogP contribution is -2.63. The number of para-hydroxylation sites is 1. The molecular weight excluding hydrogens is 520 g/mol. The van der Waals surface area contributed by atoms with Crippen molar-refractivity contribution in [3.63, 3.8) is 0 Å². The maximum atomic E-state index is 13.5. The van der Waals surface area contributed by atoms with Crippen molar-refractivity contribution in [2.45, 2.75) is 42.8 Å². The largest absolute Gasteiger partial charge is 0.508 e. The van der Waals surface area contributed by atoms with Crippen LogP contribution in [0.1, 0.15) is 37.8 Å². The molecule has 7 rings (SSSR count). The van der Waals surface area contributed by atoms with E-state index < -0.39 is 54.8 Å². The lowest BCUT2D eigenvalue weighted by atomic mass is 9.71. The molecule has 40 heavy (non-hydrogen) atoms. The number of rotatable bonds is 2. The van der Waals surface area contributed by atoms with E-state index in [1.165, 1.54) is 12.1 Å². The van der Waals surface area contributed by atoms with Crippen molar-refractivity contribution in [3.05, 3.63) is 58.7 Å². The van der Waals surface area contributed by atoms with Crippen molar-refractivity contribution in [2.75, 3.05) is 6.61 Å². The number of phenolic OH excluding ortho intramolecular Hbond substituents is 2. The molecule has 6 atom stereocenters. The van der Waals surface area contributed by atoms with Crippen molar-refractivity contribution in [3.8, 4) is 22.6 Å². The van der Waals surface area contributed by atoms with Gasteiger partial charge in [0.2, 0.25) is 0 Å². The molecule has 2 aliphatic heterocycles. The molecule has 12 nitrogen and oxygen atoms in total. The standard InChI is InChI=1S/C28H26N4O8/c29-21-24(36)15(8-33)40-26(25(21)37)12-7-11-17(9-3-1-5-13(34)16(9)12)19-20(28(39)32(30)27(19)38)18-10-4-2-6-14(35)22(10)31-23(11)18/h1-6,12,15,21,24-26,31,33-37H,7-8,29-30H2. The van der Waals surface area contributed by atoms with Gasteiger partial charge in [0.25, 0.3) is 11.8 Å². The zero-order valence-corrected chi connectivity index (χ0v) is 20.9. The highest BCUT2D eigenvalue weighted by molar-refractivity contribution is 6.33. The number of ether oxygens (including phenoxy) is 1. The molecular formula is C28H26N4O8. The molecule has 206 valence electrons. The normalized spacial score (nSPS) is 27.8. The van der Waals surface area contributed by atoms with Gasteiger partial charge in [0.05, 0.1) is 47.0 Å². The Hall–Kier alpha value is -4.04. The van der Waals surface area contributed by atoms with Gasteiger partial charge in [-0.2, -0.15) is 0 Å². The van der Waals surface area contributed by atoms with Crippen molar-refractivity contribution >= 4 is 33.6 Å². The zero-order chi connectivity index (χ0) is 28.2. The second-order valence-electron chi connectivity index (χ2n) is 10.6. The number of phenols is 2. The fourth-order valence-electron chi connectivity index (χ4n) is 6.75. The third kappa shape index (κ3) is 3.05. The average molecular weight is 547 g/mol. The number of hydrogen-bond acceptors (Lipinski definition) is 10. The fraction of sp³-hybridized carbons (Fsp3) is 0.286. The number of nitrogens with two attached hydrogens (primary N) is 2. The first kappa shape index (κ1) is 25.0. The summed E-state index contributed by atoms with van der Waals surface area (Å²) >= 11 is 0. The van der Waals surface area contributed by atoms with Crippen LogP contribution in [0.15, 0.2) is 36.4 Å². The molecule has 0 bridgehead atoms. The number of aliphatic hydroxyl groups excluding tert-OH is 3. The summed E-state index contributed by atoms with van der Waals surface area (Å²) in [5.41, 5.74) is 8.91. The van der Waals surface area contributed by atoms with Gasteiger partial charge in [0, 0.05) is 27.8 Å². The van der Waals surface area contributed by atoms with Gasteiger partial charge in [-0.1, -0.05) is 24.3 Å². The van der Waals surface area contributed by atoms with Crippen LogP contribution in [-0.4, -0.2) is 84.4 Å². The predicted molar refractivity (Wildman–Crippen MR) is 141 cm³/mol. The Morgan fingerprint density at radius 2 is 1.65 bits per heavy atom. The number of fused-ring (bicyclic) bond motifs is 10. The summed E-state index contributed by atoms with van der Waals surface area (Å²) in [6.07, 6.45) is -4.71. The first-order valence-corrected chi connectivity index (χ1v) is 12.8. The number of aromatic hydroxyl groups is 2. The topological polar surface area (TPSA) is 216 Å². The molecule has 0 spiro atoms. The summed E-state index contributed by atoms with van der Waals surface area (Å²) in [6.45, 7) is -0.545. The summed E-state index contributed by atoms with van der Waals surface area (Å²) in [5.74, 6) is 3.59. The average Bonchev–Trinajstić information content (AvgIpc) is 3.44. The van der Waals surface area contributed by atoms with Gasteiger partial charge in [-0.15, -0.1) is 0 Å². The van der Waals surface area contributed by atoms with Crippen LogP contribution in [0.3, 0.4) is 0 Å². The number of aliphatic hydroxyl groups is 3. The number of aromatic nitrogens is 1. The molecule has 1 saturated heterocycles. The maximum absolute atomic E-state index is 13.5. The first-order chi connectivity index (χ1) is 19.1. The highest BCUT2D eigenvalue weighted by Crippen LogP contribution is 2.53. The van der Waals surface area contributed by atoms with Crippen LogP contribution in [0.4, 0.5) is 0 Å². The van der Waals surface area contributed by atoms with Crippen LogP contribution in [0.25, 0.3) is 32.9 Å². The van der Waals surface area contributed by atoms with Crippen molar-refractivity contribution in [1.29, 1.82) is 0 Å². The van der Waals surface area contributed by atoms with Gasteiger partial charge in [-0.25, -0.2) is 10.9 Å². The second-order valence-corrected chi connectivity index (χ2v) is 10.6. The van der Waals surface area contributed by atoms with Gasteiger partial charge < -0.3 is 41.0 Å². The molecule has 4 aromatic rings. The molecule has 3 aromatic carbocycles. The number of hydrogen-bond donors (Lipinski definition) is 8. The molecule has 6 unspecified atom stereocenters. The van der Waals surface area contributed by atoms with E-state index in [-0.39, 0.29) is 29.0 Å². The Kier molecular flexibility index (Phi) is 5.29. The first-order valence-electron chi connectivity index (χ1n) is 12.8. The van der Waals surface area contributed by atoms with Crippen LogP contribution < -0.4 is 11.6 Å². The van der Waals surface area contributed by atoms with Gasteiger partial charge in [0.1, 0.15) is 23.7 Å². The molecule has 1 aliphatic carbocycles. The minimum absolute atomic E-state index is 0.0558. The molecule has 10 N–H and O–H groups in total. The van der Waals surface area contributed by atoms with Crippen LogP contribution in [0.2, 0.25) is 0 Å². The highest BCUT2D eigenvalue weighted by Gasteiger charge is 2.50. The number of aromatic amines is 1. The minimum Gasteiger partial charge on any atom is -0.508 e. The highest BCUT2D eigenvalue weighted by atomic mass is 16.5. The Labute approximate surface area is 226 Å². The Morgan fingerprint density at radius 3 is 2.40 bits per heavy atom. The van der Waals surface area contributed by atoms with Crippen molar-refractivity contribution in [2.24, 2.45) is 11.6 Å². The minimum atomic E-state index is -1.36. The van der Waals surface area contributed by atoms with E-state index in [1.807, 2.05) is 0 Å². The lowest BCUT2D eigenvalue weighted by molar-refractivity contribution is -0.195. The van der Waals surface area contributed by atoms with E-state index in [4.69, 9.17) is 16.3 Å². The van der Waals surface area contributed by atoms with Crippen LogP contribution in [0.5, 0.6) is 11.5 Å². The number of nitrogens with one attached hydrogen (secondary N) is 1. The molecule has 1 fully saturated rings. The molecule has 0 radical (unpaired) electrons. The number of hydrazine groups is 1. The molecule has 1 aromatic heterocycles. The van der Waals surface area contributed by atoms with Gasteiger partial charge >= 0.3 is 0 Å². The third-order valence-electron chi connectivity index (χ3n) is 8.59. The van der Waals surface area contributed by atoms with E-state index >= 15 is 0 Å². The molecule has 0 saturated carbocycles. The number of carbonyl (C=O) groups is 2. The summed E-state index contributed by atoms with van der Waals surface area (Å²) in [5, 5.41) is 54.6. The summed E-state index contributed by atoms with van der Waals surface area (Å²) in [7, 11) is 0. The van der Waals surface area contributed by atoms with E-state index in [2.05, 4.69) is 4.98 Å². The van der Waals surface area contributed by atoms with Crippen LogP contribution >= 0.6 is 0 Å². The number of amides is 2. The number of H-pyrrole nitrogens is 1.